The monoisotopic (exact) mass is 318 g/mol. The number of hydrogen-bond acceptors (Lipinski definition) is 4. The lowest BCUT2D eigenvalue weighted by atomic mass is 10.1. The van der Waals surface area contributed by atoms with E-state index in [4.69, 9.17) is 9.47 Å². The van der Waals surface area contributed by atoms with Gasteiger partial charge in [0.1, 0.15) is 0 Å². The number of ether oxygens (including phenoxy) is 2. The number of benzene rings is 1. The van der Waals surface area contributed by atoms with Crippen LogP contribution in [0.3, 0.4) is 0 Å². The molecule has 0 saturated carbocycles. The van der Waals surface area contributed by atoms with Crippen molar-refractivity contribution < 1.29 is 14.3 Å². The summed E-state index contributed by atoms with van der Waals surface area (Å²) in [5.74, 6) is 0.109. The van der Waals surface area contributed by atoms with Gasteiger partial charge >= 0.3 is 0 Å². The first-order valence-electron chi connectivity index (χ1n) is 8.61. The smallest absolute Gasteiger partial charge is 0.220 e. The fourth-order valence-corrected chi connectivity index (χ4v) is 3.07. The molecule has 1 aromatic carbocycles. The van der Waals surface area contributed by atoms with Crippen LogP contribution in [0.4, 0.5) is 5.69 Å². The fraction of sp³-hybridized carbons (Fsp3) is 0.611. The third-order valence-electron chi connectivity index (χ3n) is 4.50. The Balaban J connectivity index is 1.40. The van der Waals surface area contributed by atoms with Crippen LogP contribution in [0.1, 0.15) is 24.8 Å². The van der Waals surface area contributed by atoms with Gasteiger partial charge in [-0.05, 0) is 37.0 Å². The van der Waals surface area contributed by atoms with Gasteiger partial charge in [0.05, 0.1) is 19.3 Å². The molecule has 2 saturated heterocycles. The third kappa shape index (κ3) is 4.94. The molecule has 0 aromatic heterocycles. The van der Waals surface area contributed by atoms with Gasteiger partial charge in [-0.2, -0.15) is 0 Å². The summed E-state index contributed by atoms with van der Waals surface area (Å²) >= 11 is 0. The molecule has 5 nitrogen and oxygen atoms in total. The average molecular weight is 318 g/mol. The van der Waals surface area contributed by atoms with Gasteiger partial charge < -0.3 is 19.7 Å². The summed E-state index contributed by atoms with van der Waals surface area (Å²) < 4.78 is 10.9. The number of nitrogens with zero attached hydrogens (tertiary/aromatic N) is 1. The molecule has 2 aliphatic rings. The van der Waals surface area contributed by atoms with E-state index in [1.54, 1.807) is 0 Å². The summed E-state index contributed by atoms with van der Waals surface area (Å²) in [5, 5.41) is 2.97. The molecule has 2 heterocycles. The van der Waals surface area contributed by atoms with Crippen LogP contribution in [0.15, 0.2) is 24.3 Å². The first kappa shape index (κ1) is 16.3. The number of rotatable bonds is 6. The van der Waals surface area contributed by atoms with Gasteiger partial charge in [-0.25, -0.2) is 0 Å². The Morgan fingerprint density at radius 2 is 1.96 bits per heavy atom. The summed E-state index contributed by atoms with van der Waals surface area (Å²) in [6, 6.07) is 8.53. The number of carbonyl (C=O) groups excluding carboxylic acids is 1. The molecule has 2 aliphatic heterocycles. The minimum Gasteiger partial charge on any atom is -0.378 e. The largest absolute Gasteiger partial charge is 0.378 e. The summed E-state index contributed by atoms with van der Waals surface area (Å²) in [5.41, 5.74) is 2.44. The molecule has 0 aliphatic carbocycles. The normalized spacial score (nSPS) is 21.4. The highest BCUT2D eigenvalue weighted by atomic mass is 16.5. The average Bonchev–Trinajstić information content (AvgIpc) is 3.13. The second kappa shape index (κ2) is 8.31. The molecule has 126 valence electrons. The van der Waals surface area contributed by atoms with E-state index >= 15 is 0 Å². The minimum atomic E-state index is 0.109. The van der Waals surface area contributed by atoms with Crippen LogP contribution in [0, 0.1) is 0 Å². The lowest BCUT2D eigenvalue weighted by Crippen LogP contribution is -2.36. The van der Waals surface area contributed by atoms with Crippen molar-refractivity contribution >= 4 is 11.6 Å². The predicted molar refractivity (Wildman–Crippen MR) is 89.8 cm³/mol. The standard InChI is InChI=1S/C18H26N2O3/c21-18(19-14-17-2-1-11-23-17)8-5-15-3-6-16(7-4-15)20-9-12-22-13-10-20/h3-4,6-7,17H,1-2,5,8-14H2,(H,19,21). The van der Waals surface area contributed by atoms with Crippen molar-refractivity contribution in [3.05, 3.63) is 29.8 Å². The van der Waals surface area contributed by atoms with E-state index in [9.17, 15) is 4.79 Å². The Labute approximate surface area is 137 Å². The second-order valence-electron chi connectivity index (χ2n) is 6.20. The van der Waals surface area contributed by atoms with Crippen LogP contribution in [0.5, 0.6) is 0 Å². The summed E-state index contributed by atoms with van der Waals surface area (Å²) in [7, 11) is 0. The van der Waals surface area contributed by atoms with Crippen molar-refractivity contribution in [1.29, 1.82) is 0 Å². The maximum atomic E-state index is 11.9. The molecule has 23 heavy (non-hydrogen) atoms. The zero-order valence-electron chi connectivity index (χ0n) is 13.6. The van der Waals surface area contributed by atoms with Gasteiger partial charge in [-0.15, -0.1) is 0 Å². The number of amides is 1. The molecule has 1 atom stereocenters. The number of carbonyl (C=O) groups is 1. The van der Waals surface area contributed by atoms with Crippen LogP contribution in [0.2, 0.25) is 0 Å². The minimum absolute atomic E-state index is 0.109. The van der Waals surface area contributed by atoms with Gasteiger partial charge in [0.15, 0.2) is 0 Å². The molecule has 0 spiro atoms. The van der Waals surface area contributed by atoms with Crippen LogP contribution in [-0.2, 0) is 20.7 Å². The van der Waals surface area contributed by atoms with E-state index in [-0.39, 0.29) is 12.0 Å². The lowest BCUT2D eigenvalue weighted by Gasteiger charge is -2.28. The molecule has 1 N–H and O–H groups in total. The summed E-state index contributed by atoms with van der Waals surface area (Å²) in [6.45, 7) is 4.97. The molecule has 1 amide bonds. The topological polar surface area (TPSA) is 50.8 Å². The van der Waals surface area contributed by atoms with E-state index in [2.05, 4.69) is 34.5 Å². The molecule has 3 rings (SSSR count). The Hall–Kier alpha value is -1.59. The highest BCUT2D eigenvalue weighted by Gasteiger charge is 2.16. The maximum Gasteiger partial charge on any atom is 0.220 e. The van der Waals surface area contributed by atoms with Crippen LogP contribution in [0.25, 0.3) is 0 Å². The number of anilines is 1. The Kier molecular flexibility index (Phi) is 5.88. The van der Waals surface area contributed by atoms with Gasteiger partial charge in [0.25, 0.3) is 0 Å². The number of aryl methyl sites for hydroxylation is 1. The van der Waals surface area contributed by atoms with Crippen molar-refractivity contribution in [2.75, 3.05) is 44.4 Å². The SMILES string of the molecule is O=C(CCc1ccc(N2CCOCC2)cc1)NCC1CCCO1. The number of morpholine rings is 1. The van der Waals surface area contributed by atoms with Crippen molar-refractivity contribution in [1.82, 2.24) is 5.32 Å². The molecule has 0 radical (unpaired) electrons. The predicted octanol–water partition coefficient (Wildman–Crippen LogP) is 1.75. The Morgan fingerprint density at radius 1 is 1.17 bits per heavy atom. The zero-order chi connectivity index (χ0) is 15.9. The van der Waals surface area contributed by atoms with Crippen molar-refractivity contribution in [2.45, 2.75) is 31.8 Å². The van der Waals surface area contributed by atoms with Crippen LogP contribution < -0.4 is 10.2 Å². The first-order valence-corrected chi connectivity index (χ1v) is 8.61. The second-order valence-corrected chi connectivity index (χ2v) is 6.20. The molecule has 0 bridgehead atoms. The maximum absolute atomic E-state index is 11.9. The number of nitrogens with one attached hydrogen (secondary N) is 1. The first-order chi connectivity index (χ1) is 11.3. The van der Waals surface area contributed by atoms with E-state index in [0.29, 0.717) is 13.0 Å². The van der Waals surface area contributed by atoms with Gasteiger partial charge in [-0.3, -0.25) is 4.79 Å². The highest BCUT2D eigenvalue weighted by Crippen LogP contribution is 2.17. The number of hydrogen-bond donors (Lipinski definition) is 1. The van der Waals surface area contributed by atoms with Crippen LogP contribution in [-0.4, -0.2) is 51.5 Å². The molecule has 1 unspecified atom stereocenters. The van der Waals surface area contributed by atoms with Gasteiger partial charge in [-0.1, -0.05) is 12.1 Å². The zero-order valence-corrected chi connectivity index (χ0v) is 13.6. The quantitative estimate of drug-likeness (QED) is 0.868. The third-order valence-corrected chi connectivity index (χ3v) is 4.50. The van der Waals surface area contributed by atoms with E-state index < -0.39 is 0 Å². The molecule has 5 heteroatoms. The van der Waals surface area contributed by atoms with Crippen molar-refractivity contribution in [3.63, 3.8) is 0 Å². The van der Waals surface area contributed by atoms with E-state index in [0.717, 1.165) is 52.2 Å². The van der Waals surface area contributed by atoms with E-state index in [1.807, 2.05) is 0 Å². The van der Waals surface area contributed by atoms with Crippen LogP contribution >= 0.6 is 0 Å². The van der Waals surface area contributed by atoms with Gasteiger partial charge in [0.2, 0.25) is 5.91 Å². The lowest BCUT2D eigenvalue weighted by molar-refractivity contribution is -0.121. The molecular weight excluding hydrogens is 292 g/mol. The molecule has 1 aromatic rings. The van der Waals surface area contributed by atoms with Crippen molar-refractivity contribution in [2.24, 2.45) is 0 Å². The van der Waals surface area contributed by atoms with Crippen molar-refractivity contribution in [3.8, 4) is 0 Å². The Bertz CT molecular complexity index is 491. The molecular formula is C18H26N2O3. The highest BCUT2D eigenvalue weighted by molar-refractivity contribution is 5.76. The molecule has 2 fully saturated rings. The van der Waals surface area contributed by atoms with E-state index in [1.165, 1.54) is 11.3 Å². The van der Waals surface area contributed by atoms with Gasteiger partial charge in [0, 0.05) is 38.3 Å². The summed E-state index contributed by atoms with van der Waals surface area (Å²) in [4.78, 5) is 14.2. The fourth-order valence-electron chi connectivity index (χ4n) is 3.07. The Morgan fingerprint density at radius 3 is 2.65 bits per heavy atom. The summed E-state index contributed by atoms with van der Waals surface area (Å²) in [6.07, 6.45) is 3.69.